The molecule has 0 saturated heterocycles. The van der Waals surface area contributed by atoms with E-state index in [4.69, 9.17) is 14.9 Å². The zero-order valence-corrected chi connectivity index (χ0v) is 12.4. The molecule has 0 bridgehead atoms. The van der Waals surface area contributed by atoms with Crippen LogP contribution in [0.5, 0.6) is 0 Å². The number of rotatable bonds is 5. The van der Waals surface area contributed by atoms with E-state index in [9.17, 15) is 14.4 Å². The van der Waals surface area contributed by atoms with Crippen molar-refractivity contribution in [1.29, 1.82) is 0 Å². The van der Waals surface area contributed by atoms with Gasteiger partial charge in [-0.3, -0.25) is 14.9 Å². The molecule has 2 heterocycles. The first-order valence-corrected chi connectivity index (χ1v) is 7.08. The summed E-state index contributed by atoms with van der Waals surface area (Å²) in [5.74, 6) is -0.519. The van der Waals surface area contributed by atoms with Gasteiger partial charge in [0.1, 0.15) is 5.76 Å². The number of carbonyl (C=O) groups excluding carboxylic acids is 3. The van der Waals surface area contributed by atoms with E-state index in [1.54, 1.807) is 12.2 Å². The molecule has 0 aliphatic heterocycles. The third-order valence-electron chi connectivity index (χ3n) is 2.56. The van der Waals surface area contributed by atoms with Gasteiger partial charge in [0.2, 0.25) is 5.89 Å². The van der Waals surface area contributed by atoms with Gasteiger partial charge in [-0.05, 0) is 18.4 Å². The zero-order chi connectivity index (χ0) is 16.1. The Hall–Kier alpha value is -2.68. The molecule has 0 aromatic carbocycles. The van der Waals surface area contributed by atoms with Crippen LogP contribution in [-0.2, 0) is 20.7 Å². The lowest BCUT2D eigenvalue weighted by atomic mass is 10.3. The Balaban J connectivity index is 1.92. The van der Waals surface area contributed by atoms with E-state index in [-0.39, 0.29) is 6.42 Å². The number of oxazole rings is 1. The Labute approximate surface area is 129 Å². The van der Waals surface area contributed by atoms with E-state index in [0.717, 1.165) is 4.88 Å². The molecule has 0 unspecified atom stereocenters. The first-order chi connectivity index (χ1) is 10.5. The van der Waals surface area contributed by atoms with Crippen molar-refractivity contribution >= 4 is 29.2 Å². The third kappa shape index (κ3) is 4.16. The molecule has 0 spiro atoms. The maximum absolute atomic E-state index is 11.7. The normalized spacial score (nSPS) is 10.2. The van der Waals surface area contributed by atoms with Crippen LogP contribution in [0.1, 0.15) is 11.5 Å². The van der Waals surface area contributed by atoms with Gasteiger partial charge in [0.05, 0.1) is 17.0 Å². The van der Waals surface area contributed by atoms with Gasteiger partial charge in [0.25, 0.3) is 5.91 Å². The maximum atomic E-state index is 11.7. The minimum atomic E-state index is -1.01. The van der Waals surface area contributed by atoms with Crippen molar-refractivity contribution in [1.82, 2.24) is 10.3 Å². The van der Waals surface area contributed by atoms with Crippen LogP contribution in [0.3, 0.4) is 0 Å². The van der Waals surface area contributed by atoms with E-state index >= 15 is 0 Å². The number of urea groups is 1. The van der Waals surface area contributed by atoms with Crippen LogP contribution >= 0.6 is 11.3 Å². The number of nitrogens with zero attached hydrogens (tertiary/aromatic N) is 1. The van der Waals surface area contributed by atoms with Crippen LogP contribution in [0.25, 0.3) is 10.8 Å². The summed E-state index contributed by atoms with van der Waals surface area (Å²) in [5, 5.41) is 3.68. The highest BCUT2D eigenvalue weighted by Gasteiger charge is 2.17. The van der Waals surface area contributed by atoms with Gasteiger partial charge in [0, 0.05) is 0 Å². The van der Waals surface area contributed by atoms with Crippen LogP contribution in [0, 0.1) is 6.92 Å². The lowest BCUT2D eigenvalue weighted by molar-refractivity contribution is -0.147. The molecule has 3 N–H and O–H groups in total. The third-order valence-corrected chi connectivity index (χ3v) is 3.42. The Kier molecular flexibility index (Phi) is 4.89. The van der Waals surface area contributed by atoms with Crippen molar-refractivity contribution < 1.29 is 23.5 Å². The minimum absolute atomic E-state index is 0.134. The lowest BCUT2D eigenvalue weighted by Gasteiger charge is -2.03. The van der Waals surface area contributed by atoms with Gasteiger partial charge < -0.3 is 14.9 Å². The van der Waals surface area contributed by atoms with Crippen molar-refractivity contribution in [3.63, 3.8) is 0 Å². The number of hydrogen-bond acceptors (Lipinski definition) is 7. The SMILES string of the molecule is Cc1oc(-c2cccs2)nc1CC(=O)OCC(=O)NC(N)=O. The fourth-order valence-corrected chi connectivity index (χ4v) is 2.25. The molecular formula is C13H13N3O5S. The molecule has 3 amide bonds. The highest BCUT2D eigenvalue weighted by atomic mass is 32.1. The molecular weight excluding hydrogens is 310 g/mol. The number of amides is 3. The quantitative estimate of drug-likeness (QED) is 0.791. The number of nitrogens with two attached hydrogens (primary N) is 1. The topological polar surface area (TPSA) is 125 Å². The number of primary amides is 1. The number of thiophene rings is 1. The van der Waals surface area contributed by atoms with E-state index in [2.05, 4.69) is 4.98 Å². The molecule has 0 radical (unpaired) electrons. The highest BCUT2D eigenvalue weighted by Crippen LogP contribution is 2.26. The van der Waals surface area contributed by atoms with E-state index in [0.29, 0.717) is 17.3 Å². The predicted octanol–water partition coefficient (Wildman–Crippen LogP) is 0.992. The second-order valence-corrected chi connectivity index (χ2v) is 5.20. The molecule has 0 aliphatic carbocycles. The summed E-state index contributed by atoms with van der Waals surface area (Å²) in [6.45, 7) is 1.10. The number of aryl methyl sites for hydroxylation is 1. The zero-order valence-electron chi connectivity index (χ0n) is 11.6. The molecule has 0 fully saturated rings. The maximum Gasteiger partial charge on any atom is 0.318 e. The fraction of sp³-hybridized carbons (Fsp3) is 0.231. The average molecular weight is 323 g/mol. The van der Waals surface area contributed by atoms with Gasteiger partial charge >= 0.3 is 12.0 Å². The monoisotopic (exact) mass is 323 g/mol. The summed E-state index contributed by atoms with van der Waals surface area (Å²) in [4.78, 5) is 38.3. The second kappa shape index (κ2) is 6.85. The summed E-state index contributed by atoms with van der Waals surface area (Å²) in [6.07, 6.45) is -0.134. The average Bonchev–Trinajstić information content (AvgIpc) is 3.06. The van der Waals surface area contributed by atoms with Crippen molar-refractivity contribution in [3.8, 4) is 10.8 Å². The Bertz CT molecular complexity index is 693. The summed E-state index contributed by atoms with van der Waals surface area (Å²) in [7, 11) is 0. The first-order valence-electron chi connectivity index (χ1n) is 6.21. The van der Waals surface area contributed by atoms with Crippen LogP contribution in [0.15, 0.2) is 21.9 Å². The number of carbonyl (C=O) groups is 3. The lowest BCUT2D eigenvalue weighted by Crippen LogP contribution is -2.37. The van der Waals surface area contributed by atoms with Crippen molar-refractivity contribution in [3.05, 3.63) is 29.0 Å². The molecule has 22 heavy (non-hydrogen) atoms. The summed E-state index contributed by atoms with van der Waals surface area (Å²) in [5.41, 5.74) is 5.19. The van der Waals surface area contributed by atoms with Gasteiger partial charge in [-0.1, -0.05) is 6.07 Å². The summed E-state index contributed by atoms with van der Waals surface area (Å²) >= 11 is 1.47. The van der Waals surface area contributed by atoms with Crippen LogP contribution < -0.4 is 11.1 Å². The smallest absolute Gasteiger partial charge is 0.318 e. The molecule has 116 valence electrons. The van der Waals surface area contributed by atoms with Gasteiger partial charge in [-0.2, -0.15) is 0 Å². The highest BCUT2D eigenvalue weighted by molar-refractivity contribution is 7.13. The minimum Gasteiger partial charge on any atom is -0.455 e. The fourth-order valence-electron chi connectivity index (χ4n) is 1.60. The molecule has 0 atom stereocenters. The number of ether oxygens (including phenoxy) is 1. The van der Waals surface area contributed by atoms with Gasteiger partial charge in [-0.15, -0.1) is 11.3 Å². The molecule has 2 rings (SSSR count). The molecule has 2 aromatic rings. The molecule has 0 aliphatic rings. The number of imide groups is 1. The molecule has 8 nitrogen and oxygen atoms in total. The molecule has 0 saturated carbocycles. The largest absolute Gasteiger partial charge is 0.455 e. The Morgan fingerprint density at radius 1 is 1.45 bits per heavy atom. The Morgan fingerprint density at radius 3 is 2.86 bits per heavy atom. The number of nitrogens with one attached hydrogen (secondary N) is 1. The Morgan fingerprint density at radius 2 is 2.23 bits per heavy atom. The van der Waals surface area contributed by atoms with E-state index < -0.39 is 24.5 Å². The molecule has 9 heteroatoms. The van der Waals surface area contributed by atoms with E-state index in [1.165, 1.54) is 11.3 Å². The second-order valence-electron chi connectivity index (χ2n) is 4.25. The summed E-state index contributed by atoms with van der Waals surface area (Å²) < 4.78 is 10.2. The van der Waals surface area contributed by atoms with Gasteiger partial charge in [0.15, 0.2) is 6.61 Å². The van der Waals surface area contributed by atoms with E-state index in [1.807, 2.05) is 17.5 Å². The van der Waals surface area contributed by atoms with Gasteiger partial charge in [-0.25, -0.2) is 9.78 Å². The molecule has 2 aromatic heterocycles. The summed E-state index contributed by atoms with van der Waals surface area (Å²) in [6, 6.07) is 2.71. The first kappa shape index (κ1) is 15.7. The number of esters is 1. The van der Waals surface area contributed by atoms with Crippen molar-refractivity contribution in [2.45, 2.75) is 13.3 Å². The van der Waals surface area contributed by atoms with Crippen LogP contribution in [0.4, 0.5) is 4.79 Å². The van der Waals surface area contributed by atoms with Crippen molar-refractivity contribution in [2.75, 3.05) is 6.61 Å². The van der Waals surface area contributed by atoms with Crippen LogP contribution in [-0.4, -0.2) is 29.5 Å². The standard InChI is InChI=1S/C13H13N3O5S/c1-7-8(15-12(21-7)9-3-2-4-22-9)5-11(18)20-6-10(17)16-13(14)19/h2-4H,5-6H2,1H3,(H3,14,16,17,19). The van der Waals surface area contributed by atoms with Crippen molar-refractivity contribution in [2.24, 2.45) is 5.73 Å². The number of aromatic nitrogens is 1. The predicted molar refractivity (Wildman–Crippen MR) is 76.9 cm³/mol. The van der Waals surface area contributed by atoms with Crippen LogP contribution in [0.2, 0.25) is 0 Å². The number of hydrogen-bond donors (Lipinski definition) is 2.